The molecule has 0 aromatic carbocycles. The molecule has 1 unspecified atom stereocenters. The number of nitrogens with zero attached hydrogens (tertiary/aromatic N) is 6. The maximum absolute atomic E-state index is 13.1. The number of hydrogen-bond acceptors (Lipinski definition) is 11. The first kappa shape index (κ1) is 22.7. The van der Waals surface area contributed by atoms with E-state index in [1.54, 1.807) is 18.2 Å². The van der Waals surface area contributed by atoms with Crippen LogP contribution >= 0.6 is 0 Å². The number of aromatic nitrogens is 6. The summed E-state index contributed by atoms with van der Waals surface area (Å²) >= 11 is 0. The summed E-state index contributed by atoms with van der Waals surface area (Å²) in [7, 11) is 0.555. The monoisotopic (exact) mass is 476 g/mol. The molecule has 2 N–H and O–H groups in total. The predicted octanol–water partition coefficient (Wildman–Crippen LogP) is 0.639. The van der Waals surface area contributed by atoms with Gasteiger partial charge in [0.1, 0.15) is 12.0 Å². The van der Waals surface area contributed by atoms with Crippen LogP contribution < -0.4 is 24.2 Å². The van der Waals surface area contributed by atoms with E-state index in [1.165, 1.54) is 32.2 Å². The van der Waals surface area contributed by atoms with E-state index >= 15 is 0 Å². The molecule has 13 nitrogen and oxygen atoms in total. The van der Waals surface area contributed by atoms with E-state index in [2.05, 4.69) is 35.2 Å². The molecule has 0 aliphatic carbocycles. The maximum atomic E-state index is 13.1. The highest BCUT2D eigenvalue weighted by Gasteiger charge is 2.31. The van der Waals surface area contributed by atoms with Gasteiger partial charge in [-0.3, -0.25) is 4.72 Å². The van der Waals surface area contributed by atoms with E-state index in [4.69, 9.17) is 14.2 Å². The highest BCUT2D eigenvalue weighted by Crippen LogP contribution is 2.35. The zero-order valence-electron chi connectivity index (χ0n) is 18.3. The third-order valence-corrected chi connectivity index (χ3v) is 6.86. The van der Waals surface area contributed by atoms with Crippen LogP contribution in [0.25, 0.3) is 17.2 Å². The highest BCUT2D eigenvalue weighted by molar-refractivity contribution is 7.93. The number of methoxy groups -OCH3 is 3. The van der Waals surface area contributed by atoms with Crippen LogP contribution in [0.2, 0.25) is 0 Å². The van der Waals surface area contributed by atoms with Gasteiger partial charge in [-0.2, -0.15) is 9.97 Å². The molecule has 3 aromatic rings. The number of rotatable bonds is 8. The molecule has 33 heavy (non-hydrogen) atoms. The second-order valence-electron chi connectivity index (χ2n) is 7.10. The Hall–Kier alpha value is -3.52. The van der Waals surface area contributed by atoms with Crippen molar-refractivity contribution >= 4 is 16.0 Å². The van der Waals surface area contributed by atoms with Crippen LogP contribution in [0.4, 0.5) is 5.95 Å². The van der Waals surface area contributed by atoms with Gasteiger partial charge < -0.3 is 19.5 Å². The summed E-state index contributed by atoms with van der Waals surface area (Å²) in [6.45, 7) is 1.12. The van der Waals surface area contributed by atoms with Crippen molar-refractivity contribution in [3.8, 4) is 34.8 Å². The van der Waals surface area contributed by atoms with Crippen molar-refractivity contribution in [1.29, 1.82) is 0 Å². The van der Waals surface area contributed by atoms with E-state index in [0.29, 0.717) is 24.5 Å². The van der Waals surface area contributed by atoms with Crippen LogP contribution in [0.15, 0.2) is 24.5 Å². The van der Waals surface area contributed by atoms with Crippen molar-refractivity contribution < 1.29 is 22.6 Å². The summed E-state index contributed by atoms with van der Waals surface area (Å²) in [5, 5.41) is 10.8. The van der Waals surface area contributed by atoms with Crippen molar-refractivity contribution in [2.45, 2.75) is 18.1 Å². The average molecular weight is 477 g/mol. The quantitative estimate of drug-likeness (QED) is 0.470. The first-order valence-corrected chi connectivity index (χ1v) is 11.7. The van der Waals surface area contributed by atoms with Gasteiger partial charge in [0.15, 0.2) is 11.5 Å². The van der Waals surface area contributed by atoms with Gasteiger partial charge >= 0.3 is 0 Å². The van der Waals surface area contributed by atoms with Gasteiger partial charge in [-0.05, 0) is 25.5 Å². The minimum atomic E-state index is -3.79. The molecule has 176 valence electrons. The number of pyridine rings is 1. The third kappa shape index (κ3) is 4.52. The molecule has 0 bridgehead atoms. The van der Waals surface area contributed by atoms with Crippen molar-refractivity contribution in [2.75, 3.05) is 39.1 Å². The standard InChI is InChI=1S/C19H24N8O5S/c1-30-14-8-4-7-13(23-14)16-24-25-19(26-33(28,29)12-6-5-9-20-10-12)27(16)15-17(31-2)21-11-22-18(15)32-3/h4,7-8,11-12,20H,5-6,9-10H2,1-3H3,(H,25,26). The van der Waals surface area contributed by atoms with Crippen LogP contribution in [0.5, 0.6) is 17.6 Å². The van der Waals surface area contributed by atoms with Crippen LogP contribution in [0, 0.1) is 0 Å². The Morgan fingerprint density at radius 2 is 1.85 bits per heavy atom. The Bertz CT molecular complexity index is 1200. The largest absolute Gasteiger partial charge is 0.481 e. The molecule has 1 aliphatic rings. The summed E-state index contributed by atoms with van der Waals surface area (Å²) in [6.07, 6.45) is 2.56. The minimum Gasteiger partial charge on any atom is -0.481 e. The molecule has 1 saturated heterocycles. The van der Waals surface area contributed by atoms with E-state index in [9.17, 15) is 8.42 Å². The molecule has 4 heterocycles. The molecule has 14 heteroatoms. The Balaban J connectivity index is 1.90. The lowest BCUT2D eigenvalue weighted by atomic mass is 10.2. The molecule has 0 spiro atoms. The van der Waals surface area contributed by atoms with Gasteiger partial charge in [0.25, 0.3) is 0 Å². The molecular formula is C19H24N8O5S. The lowest BCUT2D eigenvalue weighted by Crippen LogP contribution is -2.41. The van der Waals surface area contributed by atoms with Crippen LogP contribution in [-0.4, -0.2) is 77.8 Å². The fraction of sp³-hybridized carbons (Fsp3) is 0.421. The summed E-state index contributed by atoms with van der Waals surface area (Å²) in [4.78, 5) is 12.7. The summed E-state index contributed by atoms with van der Waals surface area (Å²) in [5.74, 6) is 0.739. The molecule has 1 atom stereocenters. The fourth-order valence-electron chi connectivity index (χ4n) is 3.51. The second-order valence-corrected chi connectivity index (χ2v) is 9.06. The van der Waals surface area contributed by atoms with Gasteiger partial charge in [-0.1, -0.05) is 6.07 Å². The van der Waals surface area contributed by atoms with Gasteiger partial charge in [0.05, 0.1) is 26.6 Å². The number of ether oxygens (including phenoxy) is 3. The maximum Gasteiger partial charge on any atom is 0.245 e. The molecule has 0 radical (unpaired) electrons. The van der Waals surface area contributed by atoms with Gasteiger partial charge in [-0.25, -0.2) is 18.0 Å². The fourth-order valence-corrected chi connectivity index (χ4v) is 4.88. The minimum absolute atomic E-state index is 0.0772. The number of sulfonamides is 1. The number of nitrogens with one attached hydrogen (secondary N) is 2. The number of piperidine rings is 1. The predicted molar refractivity (Wildman–Crippen MR) is 118 cm³/mol. The second kappa shape index (κ2) is 9.54. The van der Waals surface area contributed by atoms with Crippen LogP contribution in [0.3, 0.4) is 0 Å². The number of anilines is 1. The van der Waals surface area contributed by atoms with Crippen molar-refractivity contribution in [2.24, 2.45) is 0 Å². The summed E-state index contributed by atoms with van der Waals surface area (Å²) in [5.41, 5.74) is 0.589. The Labute approximate surface area is 190 Å². The smallest absolute Gasteiger partial charge is 0.245 e. The van der Waals surface area contributed by atoms with E-state index in [-0.39, 0.29) is 29.2 Å². The molecule has 0 saturated carbocycles. The number of hydrogen-bond donors (Lipinski definition) is 2. The topological polar surface area (TPSA) is 155 Å². The van der Waals surface area contributed by atoms with Gasteiger partial charge in [0, 0.05) is 12.6 Å². The zero-order chi connectivity index (χ0) is 23.4. The van der Waals surface area contributed by atoms with Gasteiger partial charge in [0.2, 0.25) is 33.6 Å². The molecule has 0 amide bonds. The lowest BCUT2D eigenvalue weighted by molar-refractivity contribution is 0.368. The Kier molecular flexibility index (Phi) is 6.55. The molecular weight excluding hydrogens is 452 g/mol. The third-order valence-electron chi connectivity index (χ3n) is 5.11. The molecule has 1 aliphatic heterocycles. The van der Waals surface area contributed by atoms with E-state index in [0.717, 1.165) is 13.0 Å². The van der Waals surface area contributed by atoms with Crippen LogP contribution in [-0.2, 0) is 10.0 Å². The Morgan fingerprint density at radius 3 is 2.48 bits per heavy atom. The highest BCUT2D eigenvalue weighted by atomic mass is 32.2. The first-order chi connectivity index (χ1) is 16.0. The molecule has 1 fully saturated rings. The van der Waals surface area contributed by atoms with Crippen LogP contribution in [0.1, 0.15) is 12.8 Å². The van der Waals surface area contributed by atoms with Crippen molar-refractivity contribution in [1.82, 2.24) is 35.0 Å². The summed E-state index contributed by atoms with van der Waals surface area (Å²) < 4.78 is 46.3. The van der Waals surface area contributed by atoms with Crippen molar-refractivity contribution in [3.05, 3.63) is 24.5 Å². The van der Waals surface area contributed by atoms with Gasteiger partial charge in [-0.15, -0.1) is 10.2 Å². The normalized spacial score (nSPS) is 16.3. The van der Waals surface area contributed by atoms with E-state index < -0.39 is 15.3 Å². The SMILES string of the molecule is COc1cccc(-c2nnc(NS(=O)(=O)C3CCCNC3)n2-c2c(OC)ncnc2OC)n1. The van der Waals surface area contributed by atoms with E-state index in [1.807, 2.05) is 0 Å². The van der Waals surface area contributed by atoms with Crippen molar-refractivity contribution in [3.63, 3.8) is 0 Å². The lowest BCUT2D eigenvalue weighted by Gasteiger charge is -2.23. The molecule has 4 rings (SSSR count). The summed E-state index contributed by atoms with van der Waals surface area (Å²) in [6, 6.07) is 5.10. The zero-order valence-corrected chi connectivity index (χ0v) is 19.2. The Morgan fingerprint density at radius 1 is 1.09 bits per heavy atom. The average Bonchev–Trinajstić information content (AvgIpc) is 3.26. The first-order valence-electron chi connectivity index (χ1n) is 10.1. The molecule has 3 aromatic heterocycles.